The molecule has 10 aromatic carbocycles. The highest BCUT2D eigenvalue weighted by Crippen LogP contribution is 2.44. The van der Waals surface area contributed by atoms with Crippen LogP contribution in [0.1, 0.15) is 8.22 Å². The highest BCUT2D eigenvalue weighted by Gasteiger charge is 2.17. The lowest BCUT2D eigenvalue weighted by Gasteiger charge is -2.18. The minimum Gasteiger partial charge on any atom is -0.456 e. The molecule has 0 fully saturated rings. The van der Waals surface area contributed by atoms with Crippen LogP contribution in [-0.2, 0) is 0 Å². The van der Waals surface area contributed by atoms with E-state index in [1.54, 1.807) is 6.07 Å². The molecule has 0 unspecified atom stereocenters. The van der Waals surface area contributed by atoms with Gasteiger partial charge in [0.25, 0.3) is 0 Å². The third-order valence-electron chi connectivity index (χ3n) is 10.5. The Kier molecular flexibility index (Phi) is 5.40. The molecule has 0 amide bonds. The molecule has 0 N–H and O–H groups in total. The van der Waals surface area contributed by atoms with Crippen LogP contribution in [-0.4, -0.2) is 0 Å². The smallest absolute Gasteiger partial charge is 0.136 e. The Balaban J connectivity index is 1.11. The topological polar surface area (TPSA) is 13.1 Å². The van der Waals surface area contributed by atoms with Gasteiger partial charge in [0.2, 0.25) is 0 Å². The Bertz CT molecular complexity index is 3510. The fourth-order valence-corrected chi connectivity index (χ4v) is 8.04. The predicted molar refractivity (Wildman–Crippen MR) is 225 cm³/mol. The summed E-state index contributed by atoms with van der Waals surface area (Å²) in [6, 6.07) is 51.0. The predicted octanol–water partition coefficient (Wildman–Crippen LogP) is 14.9. The third kappa shape index (κ3) is 4.79. The molecular formula is C52H32O. The molecule has 0 spiro atoms. The number of rotatable bonds is 4. The van der Waals surface area contributed by atoms with Crippen LogP contribution in [0.4, 0.5) is 0 Å². The Hall–Kier alpha value is -6.96. The zero-order chi connectivity index (χ0) is 40.1. The van der Waals surface area contributed by atoms with E-state index in [0.717, 1.165) is 65.3 Å². The molecular weight excluding hydrogens is 641 g/mol. The van der Waals surface area contributed by atoms with E-state index in [0.29, 0.717) is 22.3 Å². The fraction of sp³-hybridized carbons (Fsp3) is 0. The van der Waals surface area contributed by atoms with Crippen molar-refractivity contribution in [2.24, 2.45) is 0 Å². The first-order valence-corrected chi connectivity index (χ1v) is 17.8. The van der Waals surface area contributed by atoms with Crippen molar-refractivity contribution in [3.05, 3.63) is 194 Å². The van der Waals surface area contributed by atoms with Gasteiger partial charge >= 0.3 is 0 Å². The molecule has 0 bridgehead atoms. The van der Waals surface area contributed by atoms with Crippen molar-refractivity contribution in [3.63, 3.8) is 0 Å². The zero-order valence-electron chi connectivity index (χ0n) is 34.4. The SMILES string of the molecule is [2H]c1c(-c2c3ccccc3c(-c3ccccc3)c3ccccc23)c([2H])c2c([2H])c([2H])c(-c3ccc4c(c3)oc3ccc(-c5cccc6ccccc56)cc34)c([2H])c2c1[2H]. The van der Waals surface area contributed by atoms with Gasteiger partial charge in [0.15, 0.2) is 0 Å². The molecule has 0 saturated heterocycles. The van der Waals surface area contributed by atoms with Gasteiger partial charge in [-0.15, -0.1) is 0 Å². The maximum atomic E-state index is 9.68. The minimum absolute atomic E-state index is 0.0127. The number of fused-ring (bicyclic) bond motifs is 7. The van der Waals surface area contributed by atoms with Crippen LogP contribution >= 0.6 is 0 Å². The van der Waals surface area contributed by atoms with Crippen LogP contribution in [0.25, 0.3) is 110 Å². The summed E-state index contributed by atoms with van der Waals surface area (Å²) >= 11 is 0. The molecule has 0 atom stereocenters. The summed E-state index contributed by atoms with van der Waals surface area (Å²) in [5.41, 5.74) is 7.00. The first-order chi connectivity index (χ1) is 28.8. The van der Waals surface area contributed by atoms with E-state index < -0.39 is 0 Å². The van der Waals surface area contributed by atoms with Gasteiger partial charge < -0.3 is 4.42 Å². The lowest BCUT2D eigenvalue weighted by molar-refractivity contribution is 0.669. The Morgan fingerprint density at radius 3 is 1.64 bits per heavy atom. The molecule has 0 saturated carbocycles. The summed E-state index contributed by atoms with van der Waals surface area (Å²) in [5, 5.41) is 7.67. The molecule has 1 aromatic heterocycles. The van der Waals surface area contributed by atoms with E-state index >= 15 is 0 Å². The van der Waals surface area contributed by atoms with Crippen molar-refractivity contribution in [1.82, 2.24) is 0 Å². The summed E-state index contributed by atoms with van der Waals surface area (Å²) < 4.78 is 63.1. The van der Waals surface area contributed by atoms with Crippen molar-refractivity contribution in [2.45, 2.75) is 0 Å². The van der Waals surface area contributed by atoms with Gasteiger partial charge in [-0.05, 0) is 124 Å². The summed E-state index contributed by atoms with van der Waals surface area (Å²) in [6.07, 6.45) is 0. The average molecular weight is 679 g/mol. The fourth-order valence-electron chi connectivity index (χ4n) is 8.04. The van der Waals surface area contributed by atoms with Gasteiger partial charge in [0.05, 0.1) is 8.22 Å². The lowest BCUT2D eigenvalue weighted by Crippen LogP contribution is -1.90. The van der Waals surface area contributed by atoms with Gasteiger partial charge in [-0.3, -0.25) is 0 Å². The van der Waals surface area contributed by atoms with Gasteiger partial charge in [0.1, 0.15) is 11.2 Å². The van der Waals surface area contributed by atoms with Gasteiger partial charge in [-0.1, -0.05) is 158 Å². The molecule has 0 aliphatic rings. The monoisotopic (exact) mass is 678 g/mol. The van der Waals surface area contributed by atoms with E-state index in [-0.39, 0.29) is 58.2 Å². The van der Waals surface area contributed by atoms with Crippen molar-refractivity contribution >= 4 is 65.0 Å². The molecule has 53 heavy (non-hydrogen) atoms. The third-order valence-corrected chi connectivity index (χ3v) is 10.5. The van der Waals surface area contributed by atoms with Crippen LogP contribution in [0.15, 0.2) is 198 Å². The number of furan rings is 1. The van der Waals surface area contributed by atoms with Crippen molar-refractivity contribution in [3.8, 4) is 44.5 Å². The van der Waals surface area contributed by atoms with Crippen LogP contribution in [0, 0.1) is 0 Å². The van der Waals surface area contributed by atoms with E-state index in [1.165, 1.54) is 0 Å². The van der Waals surface area contributed by atoms with E-state index in [4.69, 9.17) is 4.42 Å². The van der Waals surface area contributed by atoms with Gasteiger partial charge in [0, 0.05) is 10.8 Å². The Labute approximate surface area is 315 Å². The number of hydrogen-bond donors (Lipinski definition) is 0. The van der Waals surface area contributed by atoms with Crippen LogP contribution in [0.5, 0.6) is 0 Å². The first kappa shape index (κ1) is 24.3. The molecule has 1 heterocycles. The number of hydrogen-bond acceptors (Lipinski definition) is 1. The average Bonchev–Trinajstić information content (AvgIpc) is 3.64. The normalized spacial score (nSPS) is 13.4. The summed E-state index contributed by atoms with van der Waals surface area (Å²) in [5.74, 6) is 0. The highest BCUT2D eigenvalue weighted by atomic mass is 16.3. The molecule has 0 aliphatic carbocycles. The Morgan fingerprint density at radius 1 is 0.321 bits per heavy atom. The maximum Gasteiger partial charge on any atom is 0.136 e. The second-order valence-electron chi connectivity index (χ2n) is 13.5. The molecule has 0 aliphatic heterocycles. The molecule has 0 radical (unpaired) electrons. The summed E-state index contributed by atoms with van der Waals surface area (Å²) in [7, 11) is 0. The molecule has 11 aromatic rings. The largest absolute Gasteiger partial charge is 0.456 e. The van der Waals surface area contributed by atoms with Crippen LogP contribution in [0.2, 0.25) is 0 Å². The van der Waals surface area contributed by atoms with E-state index in [1.807, 2.05) is 97.1 Å². The number of benzene rings is 10. The van der Waals surface area contributed by atoms with Crippen LogP contribution < -0.4 is 0 Å². The van der Waals surface area contributed by atoms with E-state index in [2.05, 4.69) is 54.6 Å². The summed E-state index contributed by atoms with van der Waals surface area (Å²) in [6.45, 7) is 0. The molecule has 246 valence electrons. The highest BCUT2D eigenvalue weighted by molar-refractivity contribution is 6.21. The standard InChI is InChI=1S/C52H32O/c1-2-12-34(13-3-1)51-44-16-6-8-18-46(44)52(47-19-9-7-17-45(47)51)40-24-23-35-29-36(21-22-37(35)30-40)38-25-27-43-48-31-39(26-28-49(48)53-50(43)32-38)42-20-10-14-33-11-4-5-15-41(33)42/h1-32H/i21D,22D,23D,24D,29D,30D. The van der Waals surface area contributed by atoms with Crippen molar-refractivity contribution in [2.75, 3.05) is 0 Å². The first-order valence-electron chi connectivity index (χ1n) is 20.8. The maximum absolute atomic E-state index is 9.68. The quantitative estimate of drug-likeness (QED) is 0.169. The second-order valence-corrected chi connectivity index (χ2v) is 13.5. The van der Waals surface area contributed by atoms with Crippen molar-refractivity contribution in [1.29, 1.82) is 0 Å². The minimum atomic E-state index is -0.260. The Morgan fingerprint density at radius 2 is 0.906 bits per heavy atom. The van der Waals surface area contributed by atoms with Crippen LogP contribution in [0.3, 0.4) is 0 Å². The lowest BCUT2D eigenvalue weighted by atomic mass is 9.85. The second kappa shape index (κ2) is 11.8. The van der Waals surface area contributed by atoms with Crippen molar-refractivity contribution < 1.29 is 12.6 Å². The molecule has 11 rings (SSSR count). The molecule has 1 nitrogen and oxygen atoms in total. The van der Waals surface area contributed by atoms with Gasteiger partial charge in [-0.2, -0.15) is 0 Å². The van der Waals surface area contributed by atoms with E-state index in [9.17, 15) is 8.22 Å². The summed E-state index contributed by atoms with van der Waals surface area (Å²) in [4.78, 5) is 0. The zero-order valence-corrected chi connectivity index (χ0v) is 28.4. The molecule has 1 heteroatoms. The van der Waals surface area contributed by atoms with Gasteiger partial charge in [-0.25, -0.2) is 0 Å².